The van der Waals surface area contributed by atoms with Crippen molar-refractivity contribution in [1.82, 2.24) is 0 Å². The van der Waals surface area contributed by atoms with E-state index in [0.29, 0.717) is 19.3 Å². The average Bonchev–Trinajstić information content (AvgIpc) is 3.35. The summed E-state index contributed by atoms with van der Waals surface area (Å²) in [6, 6.07) is 0. The molecule has 0 amide bonds. The van der Waals surface area contributed by atoms with E-state index in [4.69, 9.17) is 14.2 Å². The summed E-state index contributed by atoms with van der Waals surface area (Å²) in [7, 11) is 0. The van der Waals surface area contributed by atoms with Gasteiger partial charge in [-0.25, -0.2) is 0 Å². The predicted molar refractivity (Wildman–Crippen MR) is 298 cm³/mol. The van der Waals surface area contributed by atoms with Gasteiger partial charge >= 0.3 is 17.9 Å². The average molecular weight is 964 g/mol. The molecule has 398 valence electrons. The normalized spacial score (nSPS) is 12.6. The van der Waals surface area contributed by atoms with Crippen molar-refractivity contribution in [3.8, 4) is 0 Å². The van der Waals surface area contributed by atoms with Crippen LogP contribution in [-0.2, 0) is 28.6 Å². The minimum Gasteiger partial charge on any atom is -0.462 e. The summed E-state index contributed by atoms with van der Waals surface area (Å²) in [5, 5.41) is 0. The zero-order chi connectivity index (χ0) is 50.0. The fourth-order valence-electron chi connectivity index (χ4n) is 8.17. The Hall–Kier alpha value is -3.15. The summed E-state index contributed by atoms with van der Waals surface area (Å²) in [6.07, 6.45) is 73.2. The number of carbonyl (C=O) groups excluding carboxylic acids is 3. The minimum atomic E-state index is -0.791. The van der Waals surface area contributed by atoms with E-state index in [2.05, 4.69) is 93.7 Å². The van der Waals surface area contributed by atoms with E-state index < -0.39 is 6.10 Å². The van der Waals surface area contributed by atoms with Crippen LogP contribution >= 0.6 is 0 Å². The van der Waals surface area contributed by atoms with Crippen LogP contribution in [0.2, 0.25) is 0 Å². The number of esters is 3. The first kappa shape index (κ1) is 65.8. The molecule has 0 aromatic heterocycles. The molecule has 1 atom stereocenters. The number of hydrogen-bond acceptors (Lipinski definition) is 6. The maximum atomic E-state index is 12.9. The van der Waals surface area contributed by atoms with E-state index in [0.717, 1.165) is 116 Å². The molecule has 0 heterocycles. The molecule has 6 heteroatoms. The van der Waals surface area contributed by atoms with Crippen LogP contribution in [0.5, 0.6) is 0 Å². The zero-order valence-corrected chi connectivity index (χ0v) is 45.6. The summed E-state index contributed by atoms with van der Waals surface area (Å²) in [5.74, 6) is -0.911. The van der Waals surface area contributed by atoms with Crippen molar-refractivity contribution in [3.05, 3.63) is 72.9 Å². The molecule has 0 saturated heterocycles. The minimum absolute atomic E-state index is 0.0875. The number of unbranched alkanes of at least 4 members (excludes halogenated alkanes) is 30. The fraction of sp³-hybridized carbons (Fsp3) is 0.762. The van der Waals surface area contributed by atoms with Gasteiger partial charge in [-0.1, -0.05) is 235 Å². The highest BCUT2D eigenvalue weighted by molar-refractivity contribution is 5.71. The molecule has 0 radical (unpaired) electrons. The largest absolute Gasteiger partial charge is 0.462 e. The first-order valence-corrected chi connectivity index (χ1v) is 29.4. The van der Waals surface area contributed by atoms with Crippen LogP contribution in [0.1, 0.15) is 290 Å². The second-order valence-electron chi connectivity index (χ2n) is 19.5. The van der Waals surface area contributed by atoms with Gasteiger partial charge in [0.05, 0.1) is 0 Å². The Balaban J connectivity index is 4.39. The Morgan fingerprint density at radius 2 is 0.536 bits per heavy atom. The third kappa shape index (κ3) is 55.6. The number of ether oxygens (including phenoxy) is 3. The van der Waals surface area contributed by atoms with Gasteiger partial charge in [-0.15, -0.1) is 0 Å². The van der Waals surface area contributed by atoms with Gasteiger partial charge in [0, 0.05) is 19.3 Å². The van der Waals surface area contributed by atoms with Crippen molar-refractivity contribution in [3.63, 3.8) is 0 Å². The topological polar surface area (TPSA) is 78.9 Å². The Kier molecular flexibility index (Phi) is 54.8. The van der Waals surface area contributed by atoms with Crippen molar-refractivity contribution in [2.45, 2.75) is 297 Å². The molecule has 0 aliphatic heterocycles. The van der Waals surface area contributed by atoms with Crippen molar-refractivity contribution < 1.29 is 28.6 Å². The summed E-state index contributed by atoms with van der Waals surface area (Å²) >= 11 is 0. The van der Waals surface area contributed by atoms with E-state index >= 15 is 0 Å². The third-order valence-corrected chi connectivity index (χ3v) is 12.7. The molecule has 1 unspecified atom stereocenters. The number of rotatable bonds is 53. The molecule has 0 aromatic carbocycles. The first-order valence-electron chi connectivity index (χ1n) is 29.4. The molecule has 0 saturated carbocycles. The Bertz CT molecular complexity index is 1290. The molecule has 0 rings (SSSR count). The molecule has 0 aliphatic rings. The maximum Gasteiger partial charge on any atom is 0.306 e. The van der Waals surface area contributed by atoms with Crippen molar-refractivity contribution in [2.24, 2.45) is 0 Å². The van der Waals surface area contributed by atoms with Gasteiger partial charge in [0.1, 0.15) is 13.2 Å². The molecule has 0 bridgehead atoms. The third-order valence-electron chi connectivity index (χ3n) is 12.7. The predicted octanol–water partition coefficient (Wildman–Crippen LogP) is 19.8. The molecular weight excluding hydrogens is 853 g/mol. The number of allylic oxidation sites excluding steroid dienone is 12. The SMILES string of the molecule is CCCC/C=C\C/C=C\CCCCCCCC(=O)OCC(COC(=O)CCCCCCCCCCC/C=C\C/C=C\CCCCCCC)OC(=O)CCCCCCC/C=C\C/C=C\CCCCCC. The zero-order valence-electron chi connectivity index (χ0n) is 45.6. The van der Waals surface area contributed by atoms with E-state index in [-0.39, 0.29) is 31.1 Å². The summed E-state index contributed by atoms with van der Waals surface area (Å²) in [5.41, 5.74) is 0. The molecule has 0 aliphatic carbocycles. The first-order chi connectivity index (χ1) is 34.0. The molecule has 0 fully saturated rings. The van der Waals surface area contributed by atoms with Gasteiger partial charge in [0.2, 0.25) is 0 Å². The molecule has 0 spiro atoms. The lowest BCUT2D eigenvalue weighted by atomic mass is 10.1. The quantitative estimate of drug-likeness (QED) is 0.0262. The van der Waals surface area contributed by atoms with Gasteiger partial charge < -0.3 is 14.2 Å². The monoisotopic (exact) mass is 963 g/mol. The highest BCUT2D eigenvalue weighted by atomic mass is 16.6. The lowest BCUT2D eigenvalue weighted by Crippen LogP contribution is -2.30. The Morgan fingerprint density at radius 3 is 0.855 bits per heavy atom. The second kappa shape index (κ2) is 57.4. The van der Waals surface area contributed by atoms with Crippen molar-refractivity contribution in [1.29, 1.82) is 0 Å². The van der Waals surface area contributed by atoms with Crippen molar-refractivity contribution >= 4 is 17.9 Å². The van der Waals surface area contributed by atoms with Crippen molar-refractivity contribution in [2.75, 3.05) is 13.2 Å². The smallest absolute Gasteiger partial charge is 0.306 e. The van der Waals surface area contributed by atoms with Crippen LogP contribution < -0.4 is 0 Å². The summed E-state index contributed by atoms with van der Waals surface area (Å²) in [4.78, 5) is 38.2. The van der Waals surface area contributed by atoms with Gasteiger partial charge in [-0.2, -0.15) is 0 Å². The van der Waals surface area contributed by atoms with Gasteiger partial charge in [-0.3, -0.25) is 14.4 Å². The fourth-order valence-corrected chi connectivity index (χ4v) is 8.17. The Morgan fingerprint density at radius 1 is 0.290 bits per heavy atom. The Labute approximate surface area is 427 Å². The highest BCUT2D eigenvalue weighted by Crippen LogP contribution is 2.15. The standard InChI is InChI=1S/C63H110O6/c1-4-7-10-13-16-19-22-25-28-30-31-32-33-34-36-38-41-44-47-50-53-56-62(65)68-59-60(58-67-61(64)55-52-49-46-43-40-37-27-24-21-18-15-12-9-6-3)69-63(66)57-54-51-48-45-42-39-35-29-26-23-20-17-14-11-8-5-2/h15,18,20,22-25,27,29-31,35,60H,4-14,16-17,19,21,26,28,32-34,36-59H2,1-3H3/b18-15-,23-20-,25-22-,27-24-,31-30-,35-29-. The molecule has 0 N–H and O–H groups in total. The molecule has 6 nitrogen and oxygen atoms in total. The van der Waals surface area contributed by atoms with Gasteiger partial charge in [0.15, 0.2) is 6.10 Å². The van der Waals surface area contributed by atoms with Crippen LogP contribution in [0.15, 0.2) is 72.9 Å². The number of carbonyl (C=O) groups is 3. The second-order valence-corrected chi connectivity index (χ2v) is 19.5. The van der Waals surface area contributed by atoms with E-state index in [9.17, 15) is 14.4 Å². The van der Waals surface area contributed by atoms with Crippen LogP contribution in [0, 0.1) is 0 Å². The van der Waals surface area contributed by atoms with Crippen LogP contribution in [0.4, 0.5) is 0 Å². The maximum absolute atomic E-state index is 12.9. The van der Waals surface area contributed by atoms with E-state index in [1.54, 1.807) is 0 Å². The molecule has 69 heavy (non-hydrogen) atoms. The lowest BCUT2D eigenvalue weighted by molar-refractivity contribution is -0.167. The number of hydrogen-bond donors (Lipinski definition) is 0. The summed E-state index contributed by atoms with van der Waals surface area (Å²) < 4.78 is 16.9. The molecular formula is C63H110O6. The van der Waals surface area contributed by atoms with Gasteiger partial charge in [-0.05, 0) is 109 Å². The van der Waals surface area contributed by atoms with E-state index in [1.165, 1.54) is 135 Å². The van der Waals surface area contributed by atoms with Crippen LogP contribution in [0.3, 0.4) is 0 Å². The molecule has 0 aromatic rings. The highest BCUT2D eigenvalue weighted by Gasteiger charge is 2.19. The summed E-state index contributed by atoms with van der Waals surface area (Å²) in [6.45, 7) is 6.56. The lowest BCUT2D eigenvalue weighted by Gasteiger charge is -2.18. The van der Waals surface area contributed by atoms with E-state index in [1.807, 2.05) is 0 Å². The van der Waals surface area contributed by atoms with Crippen LogP contribution in [-0.4, -0.2) is 37.2 Å². The van der Waals surface area contributed by atoms with Crippen LogP contribution in [0.25, 0.3) is 0 Å². The van der Waals surface area contributed by atoms with Gasteiger partial charge in [0.25, 0.3) is 0 Å².